The van der Waals surface area contributed by atoms with Gasteiger partial charge in [-0.3, -0.25) is 0 Å². The van der Waals surface area contributed by atoms with Crippen LogP contribution in [0.2, 0.25) is 0 Å². The Morgan fingerprint density at radius 1 is 0.971 bits per heavy atom. The summed E-state index contributed by atoms with van der Waals surface area (Å²) in [6, 6.07) is 30.8. The molecule has 0 bridgehead atoms. The summed E-state index contributed by atoms with van der Waals surface area (Å²) >= 11 is 1.48. The summed E-state index contributed by atoms with van der Waals surface area (Å²) in [5, 5.41) is 22.4. The molecule has 1 N–H and O–H groups in total. The van der Waals surface area contributed by atoms with Crippen molar-refractivity contribution in [2.75, 3.05) is 5.75 Å². The van der Waals surface area contributed by atoms with Gasteiger partial charge in [0.15, 0.2) is 0 Å². The first-order valence-corrected chi connectivity index (χ1v) is 12.6. The van der Waals surface area contributed by atoms with E-state index in [0.717, 1.165) is 40.8 Å². The molecule has 1 heterocycles. The minimum absolute atomic E-state index is 0.456. The number of nitrogens with zero attached hydrogens (tertiary/aromatic N) is 2. The van der Waals surface area contributed by atoms with Crippen molar-refractivity contribution in [2.45, 2.75) is 36.8 Å². The van der Waals surface area contributed by atoms with E-state index >= 15 is 0 Å². The van der Waals surface area contributed by atoms with Crippen LogP contribution in [-0.4, -0.2) is 15.8 Å². The fourth-order valence-electron chi connectivity index (χ4n) is 4.69. The van der Waals surface area contributed by atoms with Crippen molar-refractivity contribution in [1.82, 2.24) is 4.98 Å². The zero-order valence-corrected chi connectivity index (χ0v) is 20.0. The Bertz CT molecular complexity index is 1360. The van der Waals surface area contributed by atoms with Gasteiger partial charge in [-0.25, -0.2) is 4.98 Å². The van der Waals surface area contributed by atoms with Crippen LogP contribution in [0.3, 0.4) is 0 Å². The third-order valence-electron chi connectivity index (χ3n) is 6.53. The third kappa shape index (κ3) is 4.37. The van der Waals surface area contributed by atoms with E-state index < -0.39 is 5.60 Å². The number of pyridine rings is 1. The molecular formula is C30H26N2OS. The molecule has 1 aliphatic carbocycles. The number of fused-ring (bicyclic) bond motifs is 1. The lowest BCUT2D eigenvalue weighted by atomic mass is 9.80. The molecular weight excluding hydrogens is 436 g/mol. The highest BCUT2D eigenvalue weighted by Gasteiger charge is 2.34. The fraction of sp³-hybridized carbons (Fsp3) is 0.200. The first kappa shape index (κ1) is 22.4. The molecule has 0 saturated carbocycles. The first-order chi connectivity index (χ1) is 16.6. The molecule has 3 aromatic carbocycles. The van der Waals surface area contributed by atoms with Crippen LogP contribution in [0.5, 0.6) is 0 Å². The van der Waals surface area contributed by atoms with E-state index in [4.69, 9.17) is 4.98 Å². The quantitative estimate of drug-likeness (QED) is 0.327. The Morgan fingerprint density at radius 3 is 2.47 bits per heavy atom. The molecule has 1 atom stereocenters. The van der Waals surface area contributed by atoms with Crippen LogP contribution in [0.15, 0.2) is 90.0 Å². The lowest BCUT2D eigenvalue weighted by Gasteiger charge is -2.34. The molecule has 1 aromatic heterocycles. The van der Waals surface area contributed by atoms with E-state index in [1.54, 1.807) is 0 Å². The highest BCUT2D eigenvalue weighted by atomic mass is 32.2. The molecule has 5 rings (SSSR count). The Morgan fingerprint density at radius 2 is 1.71 bits per heavy atom. The largest absolute Gasteiger partial charge is 0.384 e. The maximum absolute atomic E-state index is 11.6. The second-order valence-electron chi connectivity index (χ2n) is 8.91. The summed E-state index contributed by atoms with van der Waals surface area (Å²) in [7, 11) is 0. The van der Waals surface area contributed by atoms with Gasteiger partial charge in [0.25, 0.3) is 0 Å². The predicted molar refractivity (Wildman–Crippen MR) is 139 cm³/mol. The lowest BCUT2D eigenvalue weighted by molar-refractivity contribution is 0.0438. The van der Waals surface area contributed by atoms with E-state index in [1.807, 2.05) is 54.6 Å². The van der Waals surface area contributed by atoms with Crippen LogP contribution in [0.4, 0.5) is 0 Å². The van der Waals surface area contributed by atoms with Gasteiger partial charge in [-0.15, -0.1) is 11.8 Å². The summed E-state index contributed by atoms with van der Waals surface area (Å²) in [5.41, 5.74) is 6.72. The molecule has 0 fully saturated rings. The van der Waals surface area contributed by atoms with Crippen molar-refractivity contribution in [3.05, 3.63) is 107 Å². The second-order valence-corrected chi connectivity index (χ2v) is 9.87. The Labute approximate surface area is 205 Å². The van der Waals surface area contributed by atoms with Gasteiger partial charge < -0.3 is 5.11 Å². The average molecular weight is 463 g/mol. The van der Waals surface area contributed by atoms with Crippen molar-refractivity contribution in [1.29, 1.82) is 5.26 Å². The number of hydrogen-bond acceptors (Lipinski definition) is 4. The standard InChI is InChI=1S/C30H26N2OS/c1-21-13-15-24(16-14-21)28-18-25(22-8-3-2-4-9-22)26(19-31)29(32-28)34-20-30(33)17-7-11-23-10-5-6-12-27(23)30/h2-6,8-10,12-16,18,33H,7,11,17,20H2,1H3. The van der Waals surface area contributed by atoms with Gasteiger partial charge in [-0.1, -0.05) is 84.4 Å². The minimum atomic E-state index is -0.930. The molecule has 3 nitrogen and oxygen atoms in total. The van der Waals surface area contributed by atoms with Crippen LogP contribution in [0, 0.1) is 18.3 Å². The van der Waals surface area contributed by atoms with Crippen LogP contribution >= 0.6 is 11.8 Å². The molecule has 1 unspecified atom stereocenters. The van der Waals surface area contributed by atoms with Crippen molar-refractivity contribution >= 4 is 11.8 Å². The average Bonchev–Trinajstić information content (AvgIpc) is 2.88. The van der Waals surface area contributed by atoms with Gasteiger partial charge in [0.1, 0.15) is 11.1 Å². The van der Waals surface area contributed by atoms with E-state index in [9.17, 15) is 10.4 Å². The predicted octanol–water partition coefficient (Wildman–Crippen LogP) is 6.91. The fourth-order valence-corrected chi connectivity index (χ4v) is 5.83. The number of rotatable bonds is 5. The van der Waals surface area contributed by atoms with E-state index in [1.165, 1.54) is 22.9 Å². The smallest absolute Gasteiger partial charge is 0.115 e. The van der Waals surface area contributed by atoms with Gasteiger partial charge in [0, 0.05) is 16.9 Å². The molecule has 168 valence electrons. The zero-order chi connectivity index (χ0) is 23.5. The van der Waals surface area contributed by atoms with Gasteiger partial charge in [-0.05, 0) is 48.9 Å². The number of thioether (sulfide) groups is 1. The number of aliphatic hydroxyl groups is 1. The molecule has 34 heavy (non-hydrogen) atoms. The van der Waals surface area contributed by atoms with Gasteiger partial charge in [0.2, 0.25) is 0 Å². The number of aryl methyl sites for hydroxylation is 2. The van der Waals surface area contributed by atoms with Crippen molar-refractivity contribution in [2.24, 2.45) is 0 Å². The normalized spacial score (nSPS) is 17.1. The van der Waals surface area contributed by atoms with Gasteiger partial charge in [-0.2, -0.15) is 5.26 Å². The number of aromatic nitrogens is 1. The minimum Gasteiger partial charge on any atom is -0.384 e. The van der Waals surface area contributed by atoms with Crippen LogP contribution < -0.4 is 0 Å². The Hall–Kier alpha value is -3.39. The molecule has 0 spiro atoms. The highest BCUT2D eigenvalue weighted by molar-refractivity contribution is 7.99. The zero-order valence-electron chi connectivity index (χ0n) is 19.2. The molecule has 0 saturated heterocycles. The number of hydrogen-bond donors (Lipinski definition) is 1. The summed E-state index contributed by atoms with van der Waals surface area (Å²) in [5.74, 6) is 0.456. The van der Waals surface area contributed by atoms with Crippen molar-refractivity contribution in [3.63, 3.8) is 0 Å². The second kappa shape index (κ2) is 9.46. The van der Waals surface area contributed by atoms with Crippen LogP contribution in [-0.2, 0) is 12.0 Å². The highest BCUT2D eigenvalue weighted by Crippen LogP contribution is 2.41. The SMILES string of the molecule is Cc1ccc(-c2cc(-c3ccccc3)c(C#N)c(SCC3(O)CCCc4ccccc43)n2)cc1. The molecule has 0 amide bonds. The van der Waals surface area contributed by atoms with Gasteiger partial charge >= 0.3 is 0 Å². The summed E-state index contributed by atoms with van der Waals surface area (Å²) in [4.78, 5) is 4.93. The number of benzene rings is 3. The van der Waals surface area contributed by atoms with E-state index in [-0.39, 0.29) is 0 Å². The molecule has 0 aliphatic heterocycles. The van der Waals surface area contributed by atoms with E-state index in [0.29, 0.717) is 22.8 Å². The van der Waals surface area contributed by atoms with Gasteiger partial charge in [0.05, 0.1) is 16.9 Å². The molecule has 4 aromatic rings. The summed E-state index contributed by atoms with van der Waals surface area (Å²) in [6.07, 6.45) is 2.65. The Kier molecular flexibility index (Phi) is 6.24. The molecule has 4 heteroatoms. The maximum Gasteiger partial charge on any atom is 0.115 e. The maximum atomic E-state index is 11.6. The summed E-state index contributed by atoms with van der Waals surface area (Å²) < 4.78 is 0. The summed E-state index contributed by atoms with van der Waals surface area (Å²) in [6.45, 7) is 2.06. The van der Waals surface area contributed by atoms with Crippen molar-refractivity contribution in [3.8, 4) is 28.5 Å². The molecule has 0 radical (unpaired) electrons. The molecule has 1 aliphatic rings. The third-order valence-corrected chi connectivity index (χ3v) is 7.72. The van der Waals surface area contributed by atoms with Crippen LogP contribution in [0.1, 0.15) is 35.1 Å². The van der Waals surface area contributed by atoms with E-state index in [2.05, 4.69) is 43.3 Å². The Balaban J connectivity index is 1.58. The van der Waals surface area contributed by atoms with Crippen LogP contribution in [0.25, 0.3) is 22.4 Å². The van der Waals surface area contributed by atoms with Crippen molar-refractivity contribution < 1.29 is 5.11 Å². The first-order valence-electron chi connectivity index (χ1n) is 11.6. The topological polar surface area (TPSA) is 56.9 Å². The monoisotopic (exact) mass is 462 g/mol. The lowest BCUT2D eigenvalue weighted by Crippen LogP contribution is -2.33. The number of nitriles is 1.